The Morgan fingerprint density at radius 1 is 1.16 bits per heavy atom. The number of hydrogen-bond donors (Lipinski definition) is 2. The zero-order chi connectivity index (χ0) is 22.4. The van der Waals surface area contributed by atoms with Crippen molar-refractivity contribution in [3.63, 3.8) is 0 Å². The number of aryl methyl sites for hydroxylation is 1. The lowest BCUT2D eigenvalue weighted by Gasteiger charge is -2.30. The van der Waals surface area contributed by atoms with E-state index in [1.54, 1.807) is 19.1 Å². The zero-order valence-corrected chi connectivity index (χ0v) is 18.0. The summed E-state index contributed by atoms with van der Waals surface area (Å²) in [4.78, 5) is 28.4. The van der Waals surface area contributed by atoms with Gasteiger partial charge in [0.15, 0.2) is 0 Å². The molecule has 0 atom stereocenters. The third kappa shape index (κ3) is 5.65. The van der Waals surface area contributed by atoms with Crippen LogP contribution in [0.5, 0.6) is 0 Å². The first-order chi connectivity index (χ1) is 14.8. The fraction of sp³-hybridized carbons (Fsp3) is 0.381. The van der Waals surface area contributed by atoms with Crippen LogP contribution in [0.3, 0.4) is 0 Å². The molecule has 2 heterocycles. The lowest BCUT2D eigenvalue weighted by molar-refractivity contribution is -0.126. The van der Waals surface area contributed by atoms with Gasteiger partial charge < -0.3 is 10.6 Å². The molecule has 2 amide bonds. The quantitative estimate of drug-likeness (QED) is 0.624. The average Bonchev–Trinajstić information content (AvgIpc) is 2.79. The number of nitrogens with zero attached hydrogens (tertiary/aromatic N) is 2. The number of halogens is 1. The van der Waals surface area contributed by atoms with Gasteiger partial charge in [0, 0.05) is 50.1 Å². The molecule has 1 saturated heterocycles. The number of carbonyl (C=O) groups is 2. The second-order valence-electron chi connectivity index (χ2n) is 7.38. The minimum Gasteiger partial charge on any atom is -0.354 e. The van der Waals surface area contributed by atoms with Crippen molar-refractivity contribution in [2.75, 3.05) is 26.2 Å². The molecule has 0 radical (unpaired) electrons. The number of sulfonamides is 1. The van der Waals surface area contributed by atoms with Crippen LogP contribution in [0.4, 0.5) is 4.39 Å². The number of aromatic nitrogens is 1. The van der Waals surface area contributed by atoms with Gasteiger partial charge in [-0.05, 0) is 49.6 Å². The van der Waals surface area contributed by atoms with E-state index in [2.05, 4.69) is 15.6 Å². The zero-order valence-electron chi connectivity index (χ0n) is 17.2. The van der Waals surface area contributed by atoms with E-state index in [-0.39, 0.29) is 48.5 Å². The number of piperidine rings is 1. The maximum absolute atomic E-state index is 13.6. The van der Waals surface area contributed by atoms with Crippen molar-refractivity contribution in [3.05, 3.63) is 59.7 Å². The second-order valence-corrected chi connectivity index (χ2v) is 9.32. The van der Waals surface area contributed by atoms with Crippen molar-refractivity contribution in [2.24, 2.45) is 5.92 Å². The van der Waals surface area contributed by atoms with E-state index in [4.69, 9.17) is 0 Å². The molecule has 0 saturated carbocycles. The van der Waals surface area contributed by atoms with Crippen LogP contribution in [0.2, 0.25) is 0 Å². The van der Waals surface area contributed by atoms with Crippen molar-refractivity contribution >= 4 is 21.8 Å². The van der Waals surface area contributed by atoms with Gasteiger partial charge >= 0.3 is 0 Å². The molecule has 3 rings (SSSR count). The highest BCUT2D eigenvalue weighted by Gasteiger charge is 2.32. The van der Waals surface area contributed by atoms with E-state index in [9.17, 15) is 22.4 Å². The van der Waals surface area contributed by atoms with Gasteiger partial charge in [0.05, 0.1) is 0 Å². The summed E-state index contributed by atoms with van der Waals surface area (Å²) in [6.45, 7) is 2.56. The molecule has 0 bridgehead atoms. The van der Waals surface area contributed by atoms with Crippen LogP contribution in [0.15, 0.2) is 47.6 Å². The summed E-state index contributed by atoms with van der Waals surface area (Å²) in [6.07, 6.45) is 3.66. The minimum atomic E-state index is -3.61. The van der Waals surface area contributed by atoms with E-state index >= 15 is 0 Å². The van der Waals surface area contributed by atoms with Crippen LogP contribution in [0.1, 0.15) is 28.8 Å². The topological polar surface area (TPSA) is 108 Å². The Kier molecular flexibility index (Phi) is 7.34. The number of amides is 2. The van der Waals surface area contributed by atoms with Gasteiger partial charge in [-0.3, -0.25) is 14.6 Å². The Hall–Kier alpha value is -2.85. The van der Waals surface area contributed by atoms with Gasteiger partial charge in [0.1, 0.15) is 10.7 Å². The summed E-state index contributed by atoms with van der Waals surface area (Å²) in [5.41, 5.74) is 0.680. The highest BCUT2D eigenvalue weighted by atomic mass is 32.2. The summed E-state index contributed by atoms with van der Waals surface area (Å²) in [6, 6.07) is 7.32. The lowest BCUT2D eigenvalue weighted by atomic mass is 9.97. The third-order valence-electron chi connectivity index (χ3n) is 5.24. The molecule has 10 heteroatoms. The molecule has 0 spiro atoms. The van der Waals surface area contributed by atoms with Crippen LogP contribution in [-0.2, 0) is 14.8 Å². The summed E-state index contributed by atoms with van der Waals surface area (Å²) in [7, 11) is -3.61. The SMILES string of the molecule is Cc1ccc(C(=O)NCCNC(=O)C2CCN(S(=O)(=O)c3cccnc3)CC2)cc1F. The molecule has 1 aliphatic rings. The van der Waals surface area contributed by atoms with E-state index < -0.39 is 21.7 Å². The van der Waals surface area contributed by atoms with Gasteiger partial charge in [-0.1, -0.05) is 6.07 Å². The fourth-order valence-corrected chi connectivity index (χ4v) is 4.78. The minimum absolute atomic E-state index is 0.141. The smallest absolute Gasteiger partial charge is 0.251 e. The molecule has 1 aromatic heterocycles. The number of benzene rings is 1. The van der Waals surface area contributed by atoms with Gasteiger partial charge in [0.2, 0.25) is 15.9 Å². The van der Waals surface area contributed by atoms with Crippen LogP contribution in [0, 0.1) is 18.7 Å². The summed E-state index contributed by atoms with van der Waals surface area (Å²) in [5, 5.41) is 5.39. The number of hydrogen-bond acceptors (Lipinski definition) is 5. The van der Waals surface area contributed by atoms with Gasteiger partial charge in [0.25, 0.3) is 5.91 Å². The second kappa shape index (κ2) is 9.97. The summed E-state index contributed by atoms with van der Waals surface area (Å²) in [5.74, 6) is -1.32. The first-order valence-electron chi connectivity index (χ1n) is 10.0. The number of nitrogens with one attached hydrogen (secondary N) is 2. The van der Waals surface area contributed by atoms with Gasteiger partial charge in [-0.25, -0.2) is 12.8 Å². The Balaban J connectivity index is 1.41. The molecule has 2 aromatic rings. The highest BCUT2D eigenvalue weighted by Crippen LogP contribution is 2.23. The molecule has 1 fully saturated rings. The van der Waals surface area contributed by atoms with Crippen molar-refractivity contribution in [3.8, 4) is 0 Å². The van der Waals surface area contributed by atoms with Crippen LogP contribution in [-0.4, -0.2) is 55.7 Å². The van der Waals surface area contributed by atoms with E-state index in [0.29, 0.717) is 18.4 Å². The molecule has 31 heavy (non-hydrogen) atoms. The first-order valence-corrected chi connectivity index (χ1v) is 11.5. The monoisotopic (exact) mass is 448 g/mol. The van der Waals surface area contributed by atoms with Crippen molar-refractivity contribution in [1.82, 2.24) is 19.9 Å². The van der Waals surface area contributed by atoms with E-state index in [1.807, 2.05) is 0 Å². The maximum atomic E-state index is 13.6. The van der Waals surface area contributed by atoms with Crippen LogP contribution < -0.4 is 10.6 Å². The van der Waals surface area contributed by atoms with Crippen molar-refractivity contribution < 1.29 is 22.4 Å². The van der Waals surface area contributed by atoms with Crippen LogP contribution in [0.25, 0.3) is 0 Å². The van der Waals surface area contributed by atoms with E-state index in [0.717, 1.165) is 0 Å². The van der Waals surface area contributed by atoms with E-state index in [1.165, 1.54) is 34.9 Å². The maximum Gasteiger partial charge on any atom is 0.251 e. The van der Waals surface area contributed by atoms with Crippen molar-refractivity contribution in [2.45, 2.75) is 24.7 Å². The molecule has 1 aromatic carbocycles. The predicted octanol–water partition coefficient (Wildman–Crippen LogP) is 1.48. The Bertz CT molecular complexity index is 1040. The Morgan fingerprint density at radius 3 is 2.52 bits per heavy atom. The number of rotatable bonds is 7. The standard InChI is InChI=1S/C21H25FN4O4S/c1-15-4-5-17(13-19(15)22)21(28)25-10-9-24-20(27)16-6-11-26(12-7-16)31(29,30)18-3-2-8-23-14-18/h2-5,8,13-14,16H,6-7,9-12H2,1H3,(H,24,27)(H,25,28). The lowest BCUT2D eigenvalue weighted by Crippen LogP contribution is -2.44. The molecule has 8 nitrogen and oxygen atoms in total. The normalized spacial score (nSPS) is 15.4. The van der Waals surface area contributed by atoms with Gasteiger partial charge in [-0.2, -0.15) is 4.31 Å². The molecule has 0 aliphatic carbocycles. The molecule has 1 aliphatic heterocycles. The predicted molar refractivity (Wildman–Crippen MR) is 112 cm³/mol. The average molecular weight is 449 g/mol. The first kappa shape index (κ1) is 22.8. The molecule has 2 N–H and O–H groups in total. The van der Waals surface area contributed by atoms with Crippen LogP contribution >= 0.6 is 0 Å². The summed E-state index contributed by atoms with van der Waals surface area (Å²) >= 11 is 0. The summed E-state index contributed by atoms with van der Waals surface area (Å²) < 4.78 is 40.2. The Labute approximate surface area is 180 Å². The fourth-order valence-electron chi connectivity index (χ4n) is 3.35. The molecular weight excluding hydrogens is 423 g/mol. The number of carbonyl (C=O) groups excluding carboxylic acids is 2. The molecular formula is C21H25FN4O4S. The highest BCUT2D eigenvalue weighted by molar-refractivity contribution is 7.89. The molecule has 0 unspecified atom stereocenters. The number of pyridine rings is 1. The van der Waals surface area contributed by atoms with Crippen molar-refractivity contribution in [1.29, 1.82) is 0 Å². The Morgan fingerprint density at radius 2 is 1.87 bits per heavy atom. The van der Waals surface area contributed by atoms with Gasteiger partial charge in [-0.15, -0.1) is 0 Å². The largest absolute Gasteiger partial charge is 0.354 e. The third-order valence-corrected chi connectivity index (χ3v) is 7.12. The molecule has 166 valence electrons.